The molecule has 0 bridgehead atoms. The minimum absolute atomic E-state index is 0.0355. The highest BCUT2D eigenvalue weighted by Crippen LogP contribution is 2.33. The number of unbranched alkanes of at least 4 members (excludes halogenated alkanes) is 3. The molecular formula is C23H38O7. The highest BCUT2D eigenvalue weighted by Gasteiger charge is 2.39. The van der Waals surface area contributed by atoms with Crippen molar-refractivity contribution in [1.29, 1.82) is 0 Å². The number of esters is 1. The zero-order valence-electron chi connectivity index (χ0n) is 18.0. The summed E-state index contributed by atoms with van der Waals surface area (Å²) in [5.74, 6) is -0.961. The summed E-state index contributed by atoms with van der Waals surface area (Å²) in [4.78, 5) is 23.7. The quantitative estimate of drug-likeness (QED) is 0.179. The van der Waals surface area contributed by atoms with Crippen LogP contribution in [0.1, 0.15) is 64.7 Å². The zero-order valence-corrected chi connectivity index (χ0v) is 18.0. The van der Waals surface area contributed by atoms with Crippen LogP contribution in [0.2, 0.25) is 0 Å². The van der Waals surface area contributed by atoms with Crippen LogP contribution in [0, 0.1) is 11.8 Å². The van der Waals surface area contributed by atoms with Crippen molar-refractivity contribution in [1.82, 2.24) is 0 Å². The third kappa shape index (κ3) is 10.5. The van der Waals surface area contributed by atoms with Gasteiger partial charge in [-0.1, -0.05) is 50.5 Å². The van der Waals surface area contributed by atoms with E-state index in [9.17, 15) is 19.8 Å². The average molecular weight is 427 g/mol. The van der Waals surface area contributed by atoms with Gasteiger partial charge in [0.05, 0.1) is 18.8 Å². The first-order valence-corrected chi connectivity index (χ1v) is 11.1. The van der Waals surface area contributed by atoms with E-state index in [-0.39, 0.29) is 37.1 Å². The molecule has 0 heterocycles. The maximum atomic E-state index is 12.2. The van der Waals surface area contributed by atoms with Gasteiger partial charge >= 0.3 is 5.97 Å². The molecule has 1 aliphatic rings. The maximum absolute atomic E-state index is 12.2. The molecule has 5 atom stereocenters. The highest BCUT2D eigenvalue weighted by atomic mass is 16.5. The molecule has 0 aromatic heterocycles. The first-order valence-electron chi connectivity index (χ1n) is 11.1. The van der Waals surface area contributed by atoms with E-state index in [1.807, 2.05) is 12.2 Å². The molecule has 7 nitrogen and oxygen atoms in total. The Hall–Kier alpha value is -1.54. The first-order chi connectivity index (χ1) is 14.4. The van der Waals surface area contributed by atoms with Gasteiger partial charge in [0.25, 0.3) is 0 Å². The topological polar surface area (TPSA) is 124 Å². The minimum Gasteiger partial charge on any atom is -0.463 e. The molecular weight excluding hydrogens is 388 g/mol. The second-order valence-corrected chi connectivity index (χ2v) is 7.99. The molecule has 1 rings (SSSR count). The number of allylic oxidation sites excluding steroid dienone is 2. The van der Waals surface area contributed by atoms with Gasteiger partial charge in [0.1, 0.15) is 18.5 Å². The fraction of sp³-hybridized carbons (Fsp3) is 0.739. The van der Waals surface area contributed by atoms with Crippen molar-refractivity contribution in [2.24, 2.45) is 11.8 Å². The number of rotatable bonds is 15. The Morgan fingerprint density at radius 2 is 2.00 bits per heavy atom. The number of aliphatic hydroxyl groups is 4. The van der Waals surface area contributed by atoms with Crippen molar-refractivity contribution in [2.75, 3.05) is 13.2 Å². The van der Waals surface area contributed by atoms with Crippen LogP contribution in [-0.4, -0.2) is 63.7 Å². The molecule has 0 amide bonds. The summed E-state index contributed by atoms with van der Waals surface area (Å²) in [5.41, 5.74) is 0. The van der Waals surface area contributed by atoms with Crippen molar-refractivity contribution in [2.45, 2.75) is 83.0 Å². The number of Topliss-reactive ketones (excluding diaryl/α,β-unsaturated/α-hetero) is 1. The van der Waals surface area contributed by atoms with Crippen molar-refractivity contribution >= 4 is 11.8 Å². The van der Waals surface area contributed by atoms with Crippen LogP contribution < -0.4 is 0 Å². The SMILES string of the molecule is CCCCC[C@H](O)/C=C/[C@H]1[C@H](O)CC(=O)[C@@H]1C/C=C\CCCC(=O)OC[C@H](O)CO. The second-order valence-electron chi connectivity index (χ2n) is 7.99. The van der Waals surface area contributed by atoms with Gasteiger partial charge in [0.15, 0.2) is 0 Å². The molecule has 1 fully saturated rings. The van der Waals surface area contributed by atoms with Crippen molar-refractivity contribution in [3.63, 3.8) is 0 Å². The molecule has 0 saturated heterocycles. The van der Waals surface area contributed by atoms with E-state index >= 15 is 0 Å². The van der Waals surface area contributed by atoms with E-state index in [1.54, 1.807) is 12.2 Å². The summed E-state index contributed by atoms with van der Waals surface area (Å²) in [5, 5.41) is 38.0. The van der Waals surface area contributed by atoms with Crippen LogP contribution in [0.25, 0.3) is 0 Å². The van der Waals surface area contributed by atoms with Gasteiger partial charge < -0.3 is 25.2 Å². The Kier molecular flexibility index (Phi) is 13.5. The smallest absolute Gasteiger partial charge is 0.305 e. The standard InChI is InChI=1S/C23H38O7/c1-2-3-6-9-17(25)12-13-20-19(21(27)14-22(20)28)10-7-4-5-8-11-23(29)30-16-18(26)15-24/h4,7,12-13,17-20,22,24-26,28H,2-3,5-6,8-11,14-16H2,1H3/b7-4-,13-12+/t17-,18+,19+,20+,22+/m0/s1. The van der Waals surface area contributed by atoms with Crippen LogP contribution in [0.5, 0.6) is 0 Å². The van der Waals surface area contributed by atoms with Gasteiger partial charge in [-0.25, -0.2) is 0 Å². The lowest BCUT2D eigenvalue weighted by Gasteiger charge is -2.16. The normalized spacial score (nSPS) is 24.0. The molecule has 172 valence electrons. The van der Waals surface area contributed by atoms with Gasteiger partial charge in [-0.2, -0.15) is 0 Å². The molecule has 0 aliphatic heterocycles. The molecule has 0 unspecified atom stereocenters. The molecule has 1 saturated carbocycles. The predicted molar refractivity (Wildman–Crippen MR) is 114 cm³/mol. The van der Waals surface area contributed by atoms with Crippen molar-refractivity contribution in [3.05, 3.63) is 24.3 Å². The maximum Gasteiger partial charge on any atom is 0.305 e. The summed E-state index contributed by atoms with van der Waals surface area (Å²) in [6, 6.07) is 0. The Morgan fingerprint density at radius 1 is 1.23 bits per heavy atom. The number of ketones is 1. The second kappa shape index (κ2) is 15.3. The van der Waals surface area contributed by atoms with Crippen LogP contribution >= 0.6 is 0 Å². The fourth-order valence-corrected chi connectivity index (χ4v) is 3.52. The van der Waals surface area contributed by atoms with Gasteiger partial charge in [-0.05, 0) is 25.7 Å². The van der Waals surface area contributed by atoms with E-state index in [0.717, 1.165) is 19.3 Å². The Morgan fingerprint density at radius 3 is 2.70 bits per heavy atom. The first kappa shape index (κ1) is 26.5. The van der Waals surface area contributed by atoms with E-state index in [2.05, 4.69) is 6.92 Å². The van der Waals surface area contributed by atoms with Gasteiger partial charge in [0.2, 0.25) is 0 Å². The van der Waals surface area contributed by atoms with Gasteiger partial charge in [-0.15, -0.1) is 0 Å². The summed E-state index contributed by atoms with van der Waals surface area (Å²) < 4.78 is 4.83. The summed E-state index contributed by atoms with van der Waals surface area (Å²) in [7, 11) is 0. The van der Waals surface area contributed by atoms with Crippen LogP contribution in [-0.2, 0) is 14.3 Å². The molecule has 0 aromatic rings. The highest BCUT2D eigenvalue weighted by molar-refractivity contribution is 5.84. The monoisotopic (exact) mass is 426 g/mol. The Labute approximate surface area is 179 Å². The lowest BCUT2D eigenvalue weighted by Crippen LogP contribution is -2.21. The Bertz CT molecular complexity index is 558. The summed E-state index contributed by atoms with van der Waals surface area (Å²) in [6.07, 6.45) is 10.9. The number of hydrogen-bond acceptors (Lipinski definition) is 7. The van der Waals surface area contributed by atoms with E-state index in [0.29, 0.717) is 25.7 Å². The predicted octanol–water partition coefficient (Wildman–Crippen LogP) is 2.06. The number of ether oxygens (including phenoxy) is 1. The van der Waals surface area contributed by atoms with Crippen molar-refractivity contribution in [3.8, 4) is 0 Å². The van der Waals surface area contributed by atoms with E-state index in [1.165, 1.54) is 0 Å². The Balaban J connectivity index is 2.37. The lowest BCUT2D eigenvalue weighted by molar-refractivity contribution is -0.147. The number of carbonyl (C=O) groups is 2. The zero-order chi connectivity index (χ0) is 22.4. The molecule has 0 aromatic carbocycles. The molecule has 0 spiro atoms. The van der Waals surface area contributed by atoms with Gasteiger partial charge in [-0.3, -0.25) is 9.59 Å². The number of carbonyl (C=O) groups excluding carboxylic acids is 2. The molecule has 0 radical (unpaired) electrons. The van der Waals surface area contributed by atoms with Gasteiger partial charge in [0, 0.05) is 24.7 Å². The summed E-state index contributed by atoms with van der Waals surface area (Å²) in [6.45, 7) is 1.45. The van der Waals surface area contributed by atoms with E-state index in [4.69, 9.17) is 14.9 Å². The largest absolute Gasteiger partial charge is 0.463 e. The third-order valence-corrected chi connectivity index (χ3v) is 5.35. The minimum atomic E-state index is -1.05. The van der Waals surface area contributed by atoms with Crippen LogP contribution in [0.4, 0.5) is 0 Å². The number of hydrogen-bond donors (Lipinski definition) is 4. The summed E-state index contributed by atoms with van der Waals surface area (Å²) >= 11 is 0. The molecule has 30 heavy (non-hydrogen) atoms. The molecule has 7 heteroatoms. The van der Waals surface area contributed by atoms with Crippen LogP contribution in [0.3, 0.4) is 0 Å². The number of aliphatic hydroxyl groups excluding tert-OH is 4. The third-order valence-electron chi connectivity index (χ3n) is 5.35. The molecule has 4 N–H and O–H groups in total. The van der Waals surface area contributed by atoms with Crippen molar-refractivity contribution < 1.29 is 34.8 Å². The van der Waals surface area contributed by atoms with E-state index < -0.39 is 30.9 Å². The average Bonchev–Trinajstić information content (AvgIpc) is 2.99. The fourth-order valence-electron chi connectivity index (χ4n) is 3.52. The molecule has 1 aliphatic carbocycles. The van der Waals surface area contributed by atoms with Crippen LogP contribution in [0.15, 0.2) is 24.3 Å². The lowest BCUT2D eigenvalue weighted by atomic mass is 9.90.